The van der Waals surface area contributed by atoms with Crippen molar-refractivity contribution in [2.75, 3.05) is 44.5 Å². The molecular weight excluding hydrogens is 735 g/mol. The molecule has 56 heavy (non-hydrogen) atoms. The Morgan fingerprint density at radius 3 is 2.36 bits per heavy atom. The third-order valence-corrected chi connectivity index (χ3v) is 11.4. The number of aryl methyl sites for hydroxylation is 1. The largest absolute Gasteiger partial charge is 0.508 e. The Kier molecular flexibility index (Phi) is 10.5. The maximum Gasteiger partial charge on any atom is 0.264 e. The molecule has 5 aromatic rings. The lowest BCUT2D eigenvalue weighted by molar-refractivity contribution is 0.0193. The summed E-state index contributed by atoms with van der Waals surface area (Å²) >= 11 is 0. The lowest BCUT2D eigenvalue weighted by Gasteiger charge is -2.40. The van der Waals surface area contributed by atoms with E-state index in [0.29, 0.717) is 77.9 Å². The van der Waals surface area contributed by atoms with Gasteiger partial charge in [-0.3, -0.25) is 19.4 Å². The van der Waals surface area contributed by atoms with Crippen LogP contribution in [0.25, 0.3) is 11.3 Å². The fraction of sp³-hybridized carbons (Fsp3) is 0.318. The zero-order chi connectivity index (χ0) is 37.6. The molecular formula is C44H44ClFN4O6. The SMILES string of the molecule is Cc1ccc(N(C(=O)c2cc(-c3cc4c(cc3C(=O)N3Cc5ccccc5C[C@H]3CN3CCOCC3)OCO4)n3c2CCCC3)c2ccc(O)cc2)cc1F.Cl. The first-order chi connectivity index (χ1) is 26.8. The smallest absolute Gasteiger partial charge is 0.264 e. The standard InChI is InChI=1S/C44H43FN4O6.ClH/c1-28-9-10-32(21-38(28)45)49(31-11-13-34(50)14-12-31)44(52)37-22-40(47-15-5-4-8-39(37)47)35-23-41-42(55-27-54-41)24-36(35)43(51)48-25-30-7-3-2-6-29(30)20-33(48)26-46-16-18-53-19-17-46;/h2-3,6-7,9-14,21-24,33,50H,4-5,8,15-20,25-27H2,1H3;1H/t33-;/m0./s1. The minimum absolute atomic E-state index is 0. The number of aromatic hydroxyl groups is 1. The topological polar surface area (TPSA) is 96.7 Å². The number of carbonyl (C=O) groups excluding carboxylic acids is 2. The fourth-order valence-corrected chi connectivity index (χ4v) is 8.47. The first-order valence-electron chi connectivity index (χ1n) is 19.1. The number of phenols is 1. The minimum Gasteiger partial charge on any atom is -0.508 e. The number of hydrogen-bond donors (Lipinski definition) is 1. The van der Waals surface area contributed by atoms with Crippen molar-refractivity contribution in [1.29, 1.82) is 0 Å². The third-order valence-electron chi connectivity index (χ3n) is 11.4. The van der Waals surface area contributed by atoms with Gasteiger partial charge in [-0.05, 0) is 104 Å². The molecule has 0 radical (unpaired) electrons. The zero-order valence-corrected chi connectivity index (χ0v) is 32.0. The second kappa shape index (κ2) is 15.6. The summed E-state index contributed by atoms with van der Waals surface area (Å²) in [5.74, 6) is 0.235. The van der Waals surface area contributed by atoms with E-state index in [1.54, 1.807) is 37.3 Å². The van der Waals surface area contributed by atoms with E-state index >= 15 is 9.18 Å². The highest BCUT2D eigenvalue weighted by molar-refractivity contribution is 6.13. The molecule has 12 heteroatoms. The molecule has 1 atom stereocenters. The maximum atomic E-state index is 15.2. The second-order valence-corrected chi connectivity index (χ2v) is 14.8. The van der Waals surface area contributed by atoms with Gasteiger partial charge in [0.25, 0.3) is 11.8 Å². The number of anilines is 2. The van der Waals surface area contributed by atoms with E-state index in [-0.39, 0.29) is 42.8 Å². The Morgan fingerprint density at radius 2 is 1.59 bits per heavy atom. The van der Waals surface area contributed by atoms with Crippen molar-refractivity contribution in [2.24, 2.45) is 0 Å². The lowest BCUT2D eigenvalue weighted by Crippen LogP contribution is -2.52. The second-order valence-electron chi connectivity index (χ2n) is 14.8. The van der Waals surface area contributed by atoms with Crippen molar-refractivity contribution in [3.05, 3.63) is 124 Å². The van der Waals surface area contributed by atoms with Crippen LogP contribution in [0.15, 0.2) is 84.9 Å². The quantitative estimate of drug-likeness (QED) is 0.181. The number of ether oxygens (including phenoxy) is 3. The Balaban J connectivity index is 0.00000441. The van der Waals surface area contributed by atoms with Crippen molar-refractivity contribution in [2.45, 2.75) is 51.7 Å². The molecule has 4 aliphatic heterocycles. The normalized spacial score (nSPS) is 17.5. The van der Waals surface area contributed by atoms with Crippen LogP contribution in [0.5, 0.6) is 17.2 Å². The molecule has 9 rings (SSSR count). The molecule has 1 fully saturated rings. The maximum absolute atomic E-state index is 15.2. The molecule has 0 unspecified atom stereocenters. The summed E-state index contributed by atoms with van der Waals surface area (Å²) in [5.41, 5.74) is 6.92. The highest BCUT2D eigenvalue weighted by Gasteiger charge is 2.36. The van der Waals surface area contributed by atoms with Gasteiger partial charge < -0.3 is 28.8 Å². The van der Waals surface area contributed by atoms with Crippen LogP contribution in [0.3, 0.4) is 0 Å². The number of aromatic nitrogens is 1. The molecule has 0 saturated carbocycles. The van der Waals surface area contributed by atoms with Crippen LogP contribution >= 0.6 is 12.4 Å². The molecule has 4 aromatic carbocycles. The molecule has 0 aliphatic carbocycles. The van der Waals surface area contributed by atoms with Crippen LogP contribution in [-0.4, -0.2) is 77.0 Å². The van der Waals surface area contributed by atoms with Crippen LogP contribution in [0.2, 0.25) is 0 Å². The first kappa shape index (κ1) is 37.6. The summed E-state index contributed by atoms with van der Waals surface area (Å²) in [6.45, 7) is 6.58. The average Bonchev–Trinajstić information content (AvgIpc) is 3.84. The van der Waals surface area contributed by atoms with Gasteiger partial charge in [0.15, 0.2) is 11.5 Å². The van der Waals surface area contributed by atoms with E-state index in [1.807, 2.05) is 23.1 Å². The molecule has 1 saturated heterocycles. The van der Waals surface area contributed by atoms with E-state index in [0.717, 1.165) is 55.8 Å². The van der Waals surface area contributed by atoms with Crippen LogP contribution in [0.1, 0.15) is 55.9 Å². The van der Waals surface area contributed by atoms with Crippen molar-refractivity contribution >= 4 is 35.6 Å². The van der Waals surface area contributed by atoms with Crippen molar-refractivity contribution < 1.29 is 33.3 Å². The van der Waals surface area contributed by atoms with E-state index in [1.165, 1.54) is 28.7 Å². The summed E-state index contributed by atoms with van der Waals surface area (Å²) in [5, 5.41) is 10.1. The van der Waals surface area contributed by atoms with Gasteiger partial charge in [-0.1, -0.05) is 30.3 Å². The Hall–Kier alpha value is -5.36. The van der Waals surface area contributed by atoms with E-state index in [4.69, 9.17) is 14.2 Å². The van der Waals surface area contributed by atoms with Crippen LogP contribution in [0.4, 0.5) is 15.8 Å². The molecule has 1 N–H and O–H groups in total. The van der Waals surface area contributed by atoms with Gasteiger partial charge in [0, 0.05) is 61.4 Å². The van der Waals surface area contributed by atoms with Gasteiger partial charge in [0.2, 0.25) is 6.79 Å². The summed E-state index contributed by atoms with van der Waals surface area (Å²) < 4.78 is 34.6. The Morgan fingerprint density at radius 1 is 0.857 bits per heavy atom. The summed E-state index contributed by atoms with van der Waals surface area (Å²) in [4.78, 5) is 36.0. The monoisotopic (exact) mass is 778 g/mol. The van der Waals surface area contributed by atoms with Crippen LogP contribution in [-0.2, 0) is 30.7 Å². The highest BCUT2D eigenvalue weighted by atomic mass is 35.5. The average molecular weight is 779 g/mol. The number of fused-ring (bicyclic) bond motifs is 3. The number of morpholine rings is 1. The van der Waals surface area contributed by atoms with E-state index in [2.05, 4.69) is 27.7 Å². The Labute approximate surface area is 331 Å². The minimum atomic E-state index is -0.426. The number of carbonyl (C=O) groups is 2. The van der Waals surface area contributed by atoms with Gasteiger partial charge in [-0.15, -0.1) is 12.4 Å². The number of phenolic OH excluding ortho intramolecular Hbond substituents is 1. The van der Waals surface area contributed by atoms with E-state index in [9.17, 15) is 9.90 Å². The number of amides is 2. The molecule has 0 bridgehead atoms. The summed E-state index contributed by atoms with van der Waals surface area (Å²) in [6.07, 6.45) is 3.20. The number of hydrogen-bond acceptors (Lipinski definition) is 7. The highest BCUT2D eigenvalue weighted by Crippen LogP contribution is 2.43. The molecule has 1 aromatic heterocycles. The summed E-state index contributed by atoms with van der Waals surface area (Å²) in [6, 6.07) is 24.9. The molecule has 290 valence electrons. The predicted octanol–water partition coefficient (Wildman–Crippen LogP) is 7.67. The van der Waals surface area contributed by atoms with Gasteiger partial charge in [-0.2, -0.15) is 0 Å². The third kappa shape index (κ3) is 6.99. The fourth-order valence-electron chi connectivity index (χ4n) is 8.47. The van der Waals surface area contributed by atoms with Gasteiger partial charge in [0.05, 0.1) is 30.0 Å². The summed E-state index contributed by atoms with van der Waals surface area (Å²) in [7, 11) is 0. The lowest BCUT2D eigenvalue weighted by atomic mass is 9.92. The molecule has 5 heterocycles. The van der Waals surface area contributed by atoms with Gasteiger partial charge in [0.1, 0.15) is 11.6 Å². The Bertz CT molecular complexity index is 2290. The van der Waals surface area contributed by atoms with Crippen LogP contribution in [0, 0.1) is 12.7 Å². The number of benzene rings is 4. The predicted molar refractivity (Wildman–Crippen MR) is 213 cm³/mol. The molecule has 2 amide bonds. The van der Waals surface area contributed by atoms with Crippen molar-refractivity contribution in [1.82, 2.24) is 14.4 Å². The van der Waals surface area contributed by atoms with E-state index < -0.39 is 5.82 Å². The number of halogens is 2. The van der Waals surface area contributed by atoms with Gasteiger partial charge >= 0.3 is 0 Å². The molecule has 4 aliphatic rings. The number of nitrogens with zero attached hydrogens (tertiary/aromatic N) is 4. The zero-order valence-electron chi connectivity index (χ0n) is 31.2. The number of rotatable bonds is 7. The molecule has 0 spiro atoms. The van der Waals surface area contributed by atoms with Crippen molar-refractivity contribution in [3.8, 4) is 28.5 Å². The van der Waals surface area contributed by atoms with Crippen molar-refractivity contribution in [3.63, 3.8) is 0 Å². The molecule has 10 nitrogen and oxygen atoms in total. The van der Waals surface area contributed by atoms with Crippen LogP contribution < -0.4 is 14.4 Å². The first-order valence-corrected chi connectivity index (χ1v) is 19.1. The van der Waals surface area contributed by atoms with Gasteiger partial charge in [-0.25, -0.2) is 4.39 Å².